The lowest BCUT2D eigenvalue weighted by molar-refractivity contribution is -0.138. The molecule has 0 aliphatic rings. The maximum absolute atomic E-state index is 11.5. The van der Waals surface area contributed by atoms with Gasteiger partial charge in [-0.3, -0.25) is 9.59 Å². The van der Waals surface area contributed by atoms with Crippen LogP contribution in [-0.4, -0.2) is 32.4 Å². The van der Waals surface area contributed by atoms with Gasteiger partial charge in [-0.15, -0.1) is 0 Å². The lowest BCUT2D eigenvalue weighted by Gasteiger charge is -2.32. The molecule has 2 aromatic rings. The number of phenols is 2. The summed E-state index contributed by atoms with van der Waals surface area (Å²) in [5.74, 6) is -0.993. The molecule has 0 aliphatic carbocycles. The van der Waals surface area contributed by atoms with Crippen molar-refractivity contribution in [3.8, 4) is 11.5 Å². The van der Waals surface area contributed by atoms with Gasteiger partial charge in [0.15, 0.2) is 0 Å². The van der Waals surface area contributed by atoms with E-state index >= 15 is 0 Å². The number of unbranched alkanes of at least 4 members (excludes halogenated alkanes) is 3. The molecule has 0 aliphatic heterocycles. The summed E-state index contributed by atoms with van der Waals surface area (Å²) < 4.78 is 0. The van der Waals surface area contributed by atoms with Gasteiger partial charge in [-0.2, -0.15) is 0 Å². The molecule has 0 atom stereocenters. The molecule has 2 rings (SSSR count). The van der Waals surface area contributed by atoms with Gasteiger partial charge in [0.1, 0.15) is 11.5 Å². The smallest absolute Gasteiger partial charge is 0.303 e. The average molecular weight is 639 g/mol. The molecular formula is C40H62O6. The summed E-state index contributed by atoms with van der Waals surface area (Å²) in [5, 5.41) is 42.0. The largest absolute Gasteiger partial charge is 0.507 e. The fourth-order valence-electron chi connectivity index (χ4n) is 6.75. The highest BCUT2D eigenvalue weighted by Gasteiger charge is 2.32. The third-order valence-electron chi connectivity index (χ3n) is 8.94. The predicted octanol–water partition coefficient (Wildman–Crippen LogP) is 9.67. The molecule has 0 spiro atoms. The summed E-state index contributed by atoms with van der Waals surface area (Å²) in [7, 11) is 0. The first-order valence-corrected chi connectivity index (χ1v) is 17.1. The van der Waals surface area contributed by atoms with Crippen LogP contribution < -0.4 is 0 Å². The maximum atomic E-state index is 11.5. The first kappa shape index (κ1) is 39.2. The number of hydrogen-bond acceptors (Lipinski definition) is 4. The van der Waals surface area contributed by atoms with Crippen LogP contribution in [0.1, 0.15) is 166 Å². The molecule has 6 heteroatoms. The van der Waals surface area contributed by atoms with Crippen LogP contribution in [0.5, 0.6) is 11.5 Å². The molecule has 0 saturated carbocycles. The van der Waals surface area contributed by atoms with Gasteiger partial charge in [-0.1, -0.05) is 108 Å². The number of aromatic hydroxyl groups is 2. The monoisotopic (exact) mass is 638 g/mol. The van der Waals surface area contributed by atoms with E-state index in [-0.39, 0.29) is 34.5 Å². The van der Waals surface area contributed by atoms with Crippen molar-refractivity contribution in [3.63, 3.8) is 0 Å². The number of aryl methyl sites for hydroxylation is 2. The fourth-order valence-corrected chi connectivity index (χ4v) is 6.75. The van der Waals surface area contributed by atoms with Crippen molar-refractivity contribution >= 4 is 11.9 Å². The number of hydrogen-bond donors (Lipinski definition) is 4. The summed E-state index contributed by atoms with van der Waals surface area (Å²) in [6, 6.07) is 4.06. The van der Waals surface area contributed by atoms with Crippen molar-refractivity contribution in [2.45, 2.75) is 169 Å². The van der Waals surface area contributed by atoms with Crippen molar-refractivity contribution in [3.05, 3.63) is 56.6 Å². The predicted molar refractivity (Wildman–Crippen MR) is 189 cm³/mol. The van der Waals surface area contributed by atoms with Gasteiger partial charge in [0, 0.05) is 24.0 Å². The van der Waals surface area contributed by atoms with E-state index in [2.05, 4.69) is 83.1 Å². The molecule has 0 unspecified atom stereocenters. The molecular weight excluding hydrogens is 576 g/mol. The first-order valence-electron chi connectivity index (χ1n) is 17.1. The van der Waals surface area contributed by atoms with Gasteiger partial charge in [-0.05, 0) is 93.6 Å². The molecule has 46 heavy (non-hydrogen) atoms. The van der Waals surface area contributed by atoms with Crippen molar-refractivity contribution in [1.29, 1.82) is 0 Å². The van der Waals surface area contributed by atoms with Gasteiger partial charge in [-0.25, -0.2) is 0 Å². The molecule has 4 N–H and O–H groups in total. The lowest BCUT2D eigenvalue weighted by Crippen LogP contribution is -2.21. The molecule has 258 valence electrons. The Labute approximate surface area is 278 Å². The van der Waals surface area contributed by atoms with E-state index in [1.165, 1.54) is 0 Å². The summed E-state index contributed by atoms with van der Waals surface area (Å²) in [6.07, 6.45) is 6.22. The zero-order valence-electron chi connectivity index (χ0n) is 30.8. The van der Waals surface area contributed by atoms with Gasteiger partial charge >= 0.3 is 11.9 Å². The highest BCUT2D eigenvalue weighted by atomic mass is 16.4. The fraction of sp³-hybridized carbons (Fsp3) is 0.650. The Morgan fingerprint density at radius 1 is 0.500 bits per heavy atom. The highest BCUT2D eigenvalue weighted by Crippen LogP contribution is 2.45. The number of carbonyl (C=O) groups is 2. The van der Waals surface area contributed by atoms with Gasteiger partial charge in [0.25, 0.3) is 0 Å². The summed E-state index contributed by atoms with van der Waals surface area (Å²) in [4.78, 5) is 23.1. The van der Waals surface area contributed by atoms with Crippen LogP contribution in [0, 0.1) is 0 Å². The number of benzene rings is 2. The minimum absolute atomic E-state index is 0.0477. The van der Waals surface area contributed by atoms with Crippen molar-refractivity contribution in [2.75, 3.05) is 0 Å². The van der Waals surface area contributed by atoms with Crippen LogP contribution >= 0.6 is 0 Å². The molecule has 0 heterocycles. The van der Waals surface area contributed by atoms with E-state index in [0.717, 1.165) is 83.0 Å². The maximum Gasteiger partial charge on any atom is 0.303 e. The second-order valence-electron chi connectivity index (χ2n) is 17.3. The van der Waals surface area contributed by atoms with Crippen LogP contribution in [0.2, 0.25) is 0 Å². The van der Waals surface area contributed by atoms with Crippen LogP contribution in [0.4, 0.5) is 0 Å². The van der Waals surface area contributed by atoms with E-state index in [0.29, 0.717) is 24.3 Å². The van der Waals surface area contributed by atoms with Crippen LogP contribution in [0.15, 0.2) is 12.1 Å². The SMILES string of the molecule is CC(C)(C)c1cc(CCC(=O)O)c(CCCCCCc2c(CCC(=O)O)cc(C(C)(C)C)c(O)c2C(C)(C)C)c(C(C)(C)C)c1O. The standard InChI is InChI=1S/C40H62O6/c1-37(2,3)29-23-25(19-21-31(41)42)27(33(35(29)45)39(7,8)9)17-15-13-14-16-18-28-26(20-22-32(43)44)24-30(38(4,5)6)36(46)34(28)40(10,11)12/h23-24,45-46H,13-22H2,1-12H3,(H,41,42)(H,43,44). The Bertz CT molecular complexity index is 1280. The molecule has 6 nitrogen and oxygen atoms in total. The first-order chi connectivity index (χ1) is 20.9. The molecule has 0 bridgehead atoms. The van der Waals surface area contributed by atoms with Crippen LogP contribution in [-0.2, 0) is 56.9 Å². The van der Waals surface area contributed by atoms with E-state index in [9.17, 15) is 30.0 Å². The third-order valence-corrected chi connectivity index (χ3v) is 8.94. The number of rotatable bonds is 13. The summed E-state index contributed by atoms with van der Waals surface area (Å²) in [6.45, 7) is 25.1. The minimum Gasteiger partial charge on any atom is -0.507 e. The summed E-state index contributed by atoms with van der Waals surface area (Å²) >= 11 is 0. The van der Waals surface area contributed by atoms with Crippen molar-refractivity contribution < 1.29 is 30.0 Å². The molecule has 0 aromatic heterocycles. The van der Waals surface area contributed by atoms with Gasteiger partial charge < -0.3 is 20.4 Å². The zero-order valence-corrected chi connectivity index (χ0v) is 30.8. The second kappa shape index (κ2) is 14.8. The van der Waals surface area contributed by atoms with E-state index in [1.807, 2.05) is 12.1 Å². The van der Waals surface area contributed by atoms with Crippen LogP contribution in [0.3, 0.4) is 0 Å². The molecule has 0 saturated heterocycles. The molecule has 0 amide bonds. The number of aliphatic carboxylic acids is 2. The Hall–Kier alpha value is -3.02. The number of carboxylic acids is 2. The summed E-state index contributed by atoms with van der Waals surface area (Å²) in [5.41, 5.74) is 6.56. The third kappa shape index (κ3) is 10.2. The van der Waals surface area contributed by atoms with Crippen molar-refractivity contribution in [2.24, 2.45) is 0 Å². The second-order valence-corrected chi connectivity index (χ2v) is 17.3. The van der Waals surface area contributed by atoms with Crippen LogP contribution in [0.25, 0.3) is 0 Å². The lowest BCUT2D eigenvalue weighted by atomic mass is 9.74. The number of carboxylic acid groups (broad SMARTS) is 2. The van der Waals surface area contributed by atoms with Gasteiger partial charge in [0.05, 0.1) is 0 Å². The Balaban J connectivity index is 2.37. The normalized spacial score (nSPS) is 12.9. The molecule has 0 radical (unpaired) electrons. The average Bonchev–Trinajstić information content (AvgIpc) is 2.86. The minimum atomic E-state index is -0.826. The molecule has 2 aromatic carbocycles. The highest BCUT2D eigenvalue weighted by molar-refractivity contribution is 5.68. The van der Waals surface area contributed by atoms with E-state index in [4.69, 9.17) is 0 Å². The zero-order chi connectivity index (χ0) is 35.4. The van der Waals surface area contributed by atoms with Crippen molar-refractivity contribution in [1.82, 2.24) is 0 Å². The quantitative estimate of drug-likeness (QED) is 0.162. The number of phenolic OH excluding ortho intramolecular Hbond substituents is 2. The van der Waals surface area contributed by atoms with Gasteiger partial charge in [0.2, 0.25) is 0 Å². The Kier molecular flexibility index (Phi) is 12.6. The van der Waals surface area contributed by atoms with E-state index < -0.39 is 11.9 Å². The Morgan fingerprint density at radius 3 is 1.04 bits per heavy atom. The molecule has 0 fully saturated rings. The van der Waals surface area contributed by atoms with E-state index in [1.54, 1.807) is 0 Å². The topological polar surface area (TPSA) is 115 Å². The Morgan fingerprint density at radius 2 is 0.804 bits per heavy atom.